The average molecular weight is 378 g/mol. The molecular formula is C21H31NO3S. The third-order valence-corrected chi connectivity index (χ3v) is 8.82. The Morgan fingerprint density at radius 3 is 2.46 bits per heavy atom. The van der Waals surface area contributed by atoms with Gasteiger partial charge in [0.2, 0.25) is 0 Å². The van der Waals surface area contributed by atoms with Gasteiger partial charge >= 0.3 is 0 Å². The Hall–Kier alpha value is -0.910. The number of benzene rings is 1. The van der Waals surface area contributed by atoms with Crippen LogP contribution in [0.1, 0.15) is 58.8 Å². The second-order valence-corrected chi connectivity index (χ2v) is 10.7. The van der Waals surface area contributed by atoms with Gasteiger partial charge in [0.25, 0.3) is 0 Å². The highest BCUT2D eigenvalue weighted by molar-refractivity contribution is 7.91. The zero-order valence-corrected chi connectivity index (χ0v) is 16.8. The van der Waals surface area contributed by atoms with Crippen molar-refractivity contribution in [3.05, 3.63) is 30.3 Å². The second-order valence-electron chi connectivity index (χ2n) is 8.71. The predicted molar refractivity (Wildman–Crippen MR) is 103 cm³/mol. The summed E-state index contributed by atoms with van der Waals surface area (Å²) in [6.45, 7) is 5.30. The summed E-state index contributed by atoms with van der Waals surface area (Å²) in [4.78, 5) is 2.99. The lowest BCUT2D eigenvalue weighted by atomic mass is 9.83. The predicted octanol–water partition coefficient (Wildman–Crippen LogP) is 4.01. The maximum absolute atomic E-state index is 13.1. The first kappa shape index (κ1) is 18.5. The highest BCUT2D eigenvalue weighted by atomic mass is 32.2. The minimum absolute atomic E-state index is 0.00815. The molecule has 1 aromatic carbocycles. The molecule has 2 heterocycles. The highest BCUT2D eigenvalue weighted by Gasteiger charge is 2.62. The molecule has 0 N–H and O–H groups in total. The van der Waals surface area contributed by atoms with Crippen LogP contribution in [-0.2, 0) is 14.6 Å². The van der Waals surface area contributed by atoms with Crippen molar-refractivity contribution in [2.45, 2.75) is 81.0 Å². The molecule has 144 valence electrons. The molecule has 4 rings (SSSR count). The molecule has 1 saturated carbocycles. The van der Waals surface area contributed by atoms with Crippen molar-refractivity contribution < 1.29 is 13.2 Å². The van der Waals surface area contributed by atoms with Crippen LogP contribution in [0, 0.1) is 5.92 Å². The van der Waals surface area contributed by atoms with E-state index in [0.29, 0.717) is 10.8 Å². The first-order valence-corrected chi connectivity index (χ1v) is 11.8. The van der Waals surface area contributed by atoms with Crippen molar-refractivity contribution in [2.24, 2.45) is 5.92 Å². The van der Waals surface area contributed by atoms with Crippen molar-refractivity contribution in [1.82, 2.24) is 4.90 Å². The molecule has 26 heavy (non-hydrogen) atoms. The van der Waals surface area contributed by atoms with Crippen molar-refractivity contribution in [3.8, 4) is 0 Å². The number of nitrogens with zero attached hydrogens (tertiary/aromatic N) is 1. The van der Waals surface area contributed by atoms with E-state index in [9.17, 15) is 8.42 Å². The van der Waals surface area contributed by atoms with Gasteiger partial charge in [0.05, 0.1) is 17.3 Å². The molecule has 2 atom stereocenters. The van der Waals surface area contributed by atoms with Gasteiger partial charge in [-0.25, -0.2) is 8.42 Å². The topological polar surface area (TPSA) is 46.6 Å². The quantitative estimate of drug-likeness (QED) is 0.795. The van der Waals surface area contributed by atoms with Crippen LogP contribution in [0.4, 0.5) is 0 Å². The van der Waals surface area contributed by atoms with E-state index in [1.807, 2.05) is 18.2 Å². The average Bonchev–Trinajstić information content (AvgIpc) is 3.15. The fourth-order valence-electron chi connectivity index (χ4n) is 5.60. The molecule has 2 aliphatic heterocycles. The number of rotatable bonds is 4. The summed E-state index contributed by atoms with van der Waals surface area (Å²) in [5.74, 6) is 0.671. The lowest BCUT2D eigenvalue weighted by Crippen LogP contribution is -2.58. The van der Waals surface area contributed by atoms with Crippen molar-refractivity contribution in [3.63, 3.8) is 0 Å². The molecule has 5 heteroatoms. The number of ether oxygens (including phenoxy) is 1. The molecule has 1 aliphatic carbocycles. The van der Waals surface area contributed by atoms with E-state index in [1.54, 1.807) is 12.1 Å². The van der Waals surface area contributed by atoms with Crippen LogP contribution in [0.5, 0.6) is 0 Å². The molecule has 0 unspecified atom stereocenters. The molecule has 0 aromatic heterocycles. The second kappa shape index (κ2) is 6.61. The molecule has 0 amide bonds. The summed E-state index contributed by atoms with van der Waals surface area (Å²) in [6.07, 6.45) is 7.72. The highest BCUT2D eigenvalue weighted by Crippen LogP contribution is 2.54. The van der Waals surface area contributed by atoms with Crippen molar-refractivity contribution in [2.75, 3.05) is 12.4 Å². The third-order valence-electron chi connectivity index (χ3n) is 7.01. The molecule has 3 fully saturated rings. The maximum atomic E-state index is 13.1. The summed E-state index contributed by atoms with van der Waals surface area (Å²) >= 11 is 0. The Morgan fingerprint density at radius 1 is 1.12 bits per heavy atom. The van der Waals surface area contributed by atoms with Crippen molar-refractivity contribution >= 4 is 9.84 Å². The summed E-state index contributed by atoms with van der Waals surface area (Å²) in [5, 5.41) is 0. The fourth-order valence-corrected chi connectivity index (χ4v) is 7.18. The van der Waals surface area contributed by atoms with Crippen LogP contribution in [-0.4, -0.2) is 43.0 Å². The molecule has 4 nitrogen and oxygen atoms in total. The van der Waals surface area contributed by atoms with E-state index in [-0.39, 0.29) is 23.1 Å². The molecule has 3 aliphatic rings. The van der Waals surface area contributed by atoms with E-state index < -0.39 is 9.84 Å². The van der Waals surface area contributed by atoms with Gasteiger partial charge in [-0.05, 0) is 56.6 Å². The molecule has 0 radical (unpaired) electrons. The zero-order chi connectivity index (χ0) is 18.4. The summed E-state index contributed by atoms with van der Waals surface area (Å²) in [6, 6.07) is 8.98. The van der Waals surface area contributed by atoms with Crippen LogP contribution >= 0.6 is 0 Å². The van der Waals surface area contributed by atoms with Crippen LogP contribution in [0.2, 0.25) is 0 Å². The van der Waals surface area contributed by atoms with Crippen LogP contribution < -0.4 is 0 Å². The van der Waals surface area contributed by atoms with Gasteiger partial charge in [-0.1, -0.05) is 38.5 Å². The SMILES string of the molecule is CC(C)[C@]12CC[C@H](CS(=O)(=O)c3ccccc3)N1C1(CCCCC1)OC2. The Kier molecular flexibility index (Phi) is 4.69. The van der Waals surface area contributed by atoms with Gasteiger partial charge in [-0.2, -0.15) is 0 Å². The zero-order valence-electron chi connectivity index (χ0n) is 16.0. The summed E-state index contributed by atoms with van der Waals surface area (Å²) < 4.78 is 32.6. The van der Waals surface area contributed by atoms with E-state index in [0.717, 1.165) is 32.3 Å². The van der Waals surface area contributed by atoms with Crippen LogP contribution in [0.25, 0.3) is 0 Å². The smallest absolute Gasteiger partial charge is 0.179 e. The van der Waals surface area contributed by atoms with E-state index in [4.69, 9.17) is 4.74 Å². The first-order valence-electron chi connectivity index (χ1n) is 10.1. The van der Waals surface area contributed by atoms with Crippen molar-refractivity contribution in [1.29, 1.82) is 0 Å². The summed E-state index contributed by atoms with van der Waals surface area (Å²) in [7, 11) is -3.29. The minimum Gasteiger partial charge on any atom is -0.358 e. The molecule has 1 aromatic rings. The van der Waals surface area contributed by atoms with Crippen LogP contribution in [0.3, 0.4) is 0 Å². The van der Waals surface area contributed by atoms with E-state index in [1.165, 1.54) is 19.3 Å². The number of hydrogen-bond donors (Lipinski definition) is 0. The van der Waals surface area contributed by atoms with Gasteiger partial charge in [0.1, 0.15) is 5.72 Å². The van der Waals surface area contributed by atoms with Gasteiger partial charge in [0, 0.05) is 11.6 Å². The molecule has 2 saturated heterocycles. The maximum Gasteiger partial charge on any atom is 0.179 e. The van der Waals surface area contributed by atoms with Gasteiger partial charge in [-0.3, -0.25) is 4.90 Å². The minimum atomic E-state index is -3.29. The largest absolute Gasteiger partial charge is 0.358 e. The Labute approximate surface area is 157 Å². The standard InChI is InChI=1S/C21H31NO3S/c1-17(2)20-14-11-18(15-26(23,24)19-9-5-3-6-10-19)22(20)21(25-16-20)12-7-4-8-13-21/h3,5-6,9-10,17-18H,4,7-8,11-16H2,1-2H3/t18-,20-/m1/s1. The number of fused-ring (bicyclic) bond motifs is 2. The lowest BCUT2D eigenvalue weighted by molar-refractivity contribution is -0.123. The molecule has 1 spiro atoms. The lowest BCUT2D eigenvalue weighted by Gasteiger charge is -2.47. The van der Waals surface area contributed by atoms with Gasteiger partial charge in [-0.15, -0.1) is 0 Å². The van der Waals surface area contributed by atoms with E-state index >= 15 is 0 Å². The fraction of sp³-hybridized carbons (Fsp3) is 0.714. The first-order chi connectivity index (χ1) is 12.4. The van der Waals surface area contributed by atoms with Crippen LogP contribution in [0.15, 0.2) is 35.2 Å². The Bertz CT molecular complexity index is 740. The third kappa shape index (κ3) is 2.83. The van der Waals surface area contributed by atoms with Gasteiger partial charge in [0.15, 0.2) is 9.84 Å². The van der Waals surface area contributed by atoms with E-state index in [2.05, 4.69) is 18.7 Å². The summed E-state index contributed by atoms with van der Waals surface area (Å²) in [5.41, 5.74) is -0.218. The number of sulfone groups is 1. The normalized spacial score (nSPS) is 31.6. The Morgan fingerprint density at radius 2 is 1.81 bits per heavy atom. The van der Waals surface area contributed by atoms with Gasteiger partial charge < -0.3 is 4.74 Å². The number of hydrogen-bond acceptors (Lipinski definition) is 4. The molecule has 0 bridgehead atoms. The monoisotopic (exact) mass is 377 g/mol. The molecular weight excluding hydrogens is 346 g/mol. The Balaban J connectivity index is 1.66.